The van der Waals surface area contributed by atoms with Gasteiger partial charge in [0, 0.05) is 25.3 Å². The van der Waals surface area contributed by atoms with Gasteiger partial charge in [0.15, 0.2) is 11.5 Å². The molecule has 0 radical (unpaired) electrons. The van der Waals surface area contributed by atoms with Gasteiger partial charge in [-0.25, -0.2) is 9.37 Å². The van der Waals surface area contributed by atoms with Crippen LogP contribution < -0.4 is 5.32 Å². The number of alkyl halides is 3. The molecule has 0 atom stereocenters. The number of anilines is 1. The normalized spacial score (nSPS) is 21.2. The molecule has 2 aliphatic rings. The van der Waals surface area contributed by atoms with E-state index < -0.39 is 29.3 Å². The molecule has 198 valence electrons. The first-order chi connectivity index (χ1) is 17.7. The largest absolute Gasteiger partial charge is 0.435 e. The average Bonchev–Trinajstić information content (AvgIpc) is 3.51. The lowest BCUT2D eigenvalue weighted by atomic mass is 9.90. The highest BCUT2D eigenvalue weighted by Crippen LogP contribution is 2.36. The van der Waals surface area contributed by atoms with Crippen molar-refractivity contribution >= 4 is 23.2 Å². The molecule has 0 aromatic carbocycles. The van der Waals surface area contributed by atoms with Gasteiger partial charge in [-0.05, 0) is 49.4 Å². The van der Waals surface area contributed by atoms with E-state index in [2.05, 4.69) is 25.3 Å². The number of pyridine rings is 1. The quantitative estimate of drug-likeness (QED) is 0.462. The summed E-state index contributed by atoms with van der Waals surface area (Å²) in [5, 5.41) is 6.68. The van der Waals surface area contributed by atoms with Crippen LogP contribution in [0.2, 0.25) is 5.35 Å². The molecule has 9 nitrogen and oxygen atoms in total. The van der Waals surface area contributed by atoms with Crippen LogP contribution in [0.15, 0.2) is 29.0 Å². The predicted molar refractivity (Wildman–Crippen MR) is 124 cm³/mol. The fourth-order valence-electron chi connectivity index (χ4n) is 4.78. The molecule has 4 heterocycles. The van der Waals surface area contributed by atoms with E-state index in [4.69, 9.17) is 20.8 Å². The van der Waals surface area contributed by atoms with Crippen LogP contribution in [0, 0.1) is 5.82 Å². The van der Waals surface area contributed by atoms with E-state index in [0.717, 1.165) is 45.0 Å². The molecule has 3 aromatic rings. The summed E-state index contributed by atoms with van der Waals surface area (Å²) in [5.74, 6) is -1.76. The lowest BCUT2D eigenvalue weighted by Crippen LogP contribution is -2.45. The fourth-order valence-corrected chi connectivity index (χ4v) is 4.92. The standard InChI is InChI=1S/C23H23ClF4N6O3/c24-22-30-17(12-37-22)21(35)29-16-11-34(14-3-1-13(2-4-14)33-7-9-36-10-8-33)32-20(16)19-15(25)5-6-18(31-19)23(26,27)28/h5-6,11-14H,1-4,7-10H2,(H,29,35). The smallest absolute Gasteiger partial charge is 0.433 e. The number of morpholine rings is 1. The number of ether oxygens (including phenoxy) is 1. The number of rotatable bonds is 5. The topological polar surface area (TPSA) is 98.3 Å². The maximum atomic E-state index is 14.7. The van der Waals surface area contributed by atoms with Crippen LogP contribution in [0.4, 0.5) is 23.2 Å². The van der Waals surface area contributed by atoms with Crippen molar-refractivity contribution in [2.45, 2.75) is 43.9 Å². The van der Waals surface area contributed by atoms with Crippen molar-refractivity contribution in [3.63, 3.8) is 0 Å². The van der Waals surface area contributed by atoms with Gasteiger partial charge in [-0.2, -0.15) is 23.3 Å². The van der Waals surface area contributed by atoms with E-state index in [1.54, 1.807) is 4.68 Å². The van der Waals surface area contributed by atoms with Crippen LogP contribution in [0.3, 0.4) is 0 Å². The van der Waals surface area contributed by atoms with Gasteiger partial charge in [0.05, 0.1) is 24.9 Å². The van der Waals surface area contributed by atoms with Crippen molar-refractivity contribution in [3.8, 4) is 11.4 Å². The first-order valence-corrected chi connectivity index (χ1v) is 12.1. The van der Waals surface area contributed by atoms with Crippen LogP contribution >= 0.6 is 11.6 Å². The molecule has 1 aliphatic carbocycles. The molecule has 0 spiro atoms. The second kappa shape index (κ2) is 10.4. The summed E-state index contributed by atoms with van der Waals surface area (Å²) in [5.41, 5.74) is -2.28. The Morgan fingerprint density at radius 2 is 1.76 bits per heavy atom. The zero-order valence-corrected chi connectivity index (χ0v) is 20.2. The molecular formula is C23H23ClF4N6O3. The maximum absolute atomic E-state index is 14.7. The number of carbonyl (C=O) groups is 1. The van der Waals surface area contributed by atoms with E-state index in [1.807, 2.05) is 0 Å². The zero-order chi connectivity index (χ0) is 26.2. The average molecular weight is 543 g/mol. The summed E-state index contributed by atoms with van der Waals surface area (Å²) in [7, 11) is 0. The van der Waals surface area contributed by atoms with Gasteiger partial charge >= 0.3 is 6.18 Å². The van der Waals surface area contributed by atoms with Gasteiger partial charge in [0.2, 0.25) is 0 Å². The number of nitrogens with one attached hydrogen (secondary N) is 1. The minimum absolute atomic E-state index is 0.00912. The second-order valence-electron chi connectivity index (χ2n) is 8.95. The lowest BCUT2D eigenvalue weighted by molar-refractivity contribution is -0.141. The summed E-state index contributed by atoms with van der Waals surface area (Å²) in [4.78, 5) is 22.3. The van der Waals surface area contributed by atoms with Crippen molar-refractivity contribution in [2.24, 2.45) is 0 Å². The van der Waals surface area contributed by atoms with Gasteiger partial charge < -0.3 is 14.5 Å². The zero-order valence-electron chi connectivity index (χ0n) is 19.5. The van der Waals surface area contributed by atoms with Crippen molar-refractivity contribution in [1.29, 1.82) is 0 Å². The molecule has 2 fully saturated rings. The first-order valence-electron chi connectivity index (χ1n) is 11.8. The summed E-state index contributed by atoms with van der Waals surface area (Å²) in [6.45, 7) is 3.17. The molecule has 1 aliphatic heterocycles. The molecule has 1 saturated heterocycles. The van der Waals surface area contributed by atoms with Gasteiger partial charge in [-0.3, -0.25) is 14.4 Å². The van der Waals surface area contributed by atoms with Crippen LogP contribution in [-0.2, 0) is 10.9 Å². The van der Waals surface area contributed by atoms with Crippen molar-refractivity contribution < 1.29 is 31.5 Å². The van der Waals surface area contributed by atoms with Crippen molar-refractivity contribution in [3.05, 3.63) is 47.1 Å². The Morgan fingerprint density at radius 3 is 2.41 bits per heavy atom. The summed E-state index contributed by atoms with van der Waals surface area (Å²) in [6.07, 6.45) is 1.03. The van der Waals surface area contributed by atoms with Crippen molar-refractivity contribution in [2.75, 3.05) is 31.6 Å². The molecule has 0 bridgehead atoms. The SMILES string of the molecule is O=C(Nc1cn(C2CCC(N3CCOCC3)CC2)nc1-c1nc(C(F)(F)F)ccc1F)c1coc(Cl)n1. The Morgan fingerprint density at radius 1 is 1.05 bits per heavy atom. The fraction of sp³-hybridized carbons (Fsp3) is 0.478. The summed E-state index contributed by atoms with van der Waals surface area (Å²) >= 11 is 5.64. The monoisotopic (exact) mass is 542 g/mol. The molecule has 1 amide bonds. The van der Waals surface area contributed by atoms with Crippen LogP contribution in [0.1, 0.15) is 47.9 Å². The summed E-state index contributed by atoms with van der Waals surface area (Å²) in [6, 6.07) is 1.56. The number of aromatic nitrogens is 4. The van der Waals surface area contributed by atoms with Crippen molar-refractivity contribution in [1.82, 2.24) is 24.6 Å². The minimum Gasteiger partial charge on any atom is -0.435 e. The Bertz CT molecular complexity index is 1270. The Hall–Kier alpha value is -3.03. The van der Waals surface area contributed by atoms with Gasteiger partial charge in [-0.15, -0.1) is 0 Å². The molecule has 1 saturated carbocycles. The van der Waals surface area contributed by atoms with E-state index in [1.165, 1.54) is 6.20 Å². The highest BCUT2D eigenvalue weighted by molar-refractivity contribution is 6.28. The van der Waals surface area contributed by atoms with Crippen LogP contribution in [0.25, 0.3) is 11.4 Å². The third kappa shape index (κ3) is 5.63. The molecule has 0 unspecified atom stereocenters. The third-order valence-electron chi connectivity index (χ3n) is 6.65. The van der Waals surface area contributed by atoms with E-state index in [0.29, 0.717) is 31.4 Å². The predicted octanol–water partition coefficient (Wildman–Crippen LogP) is 4.81. The van der Waals surface area contributed by atoms with Crippen LogP contribution in [0.5, 0.6) is 0 Å². The highest BCUT2D eigenvalue weighted by atomic mass is 35.5. The van der Waals surface area contributed by atoms with Crippen LogP contribution in [-0.4, -0.2) is 62.9 Å². The highest BCUT2D eigenvalue weighted by Gasteiger charge is 2.35. The summed E-state index contributed by atoms with van der Waals surface area (Å²) < 4.78 is 66.5. The molecule has 5 rings (SSSR count). The number of amides is 1. The van der Waals surface area contributed by atoms with E-state index in [9.17, 15) is 22.4 Å². The molecule has 3 aromatic heterocycles. The lowest BCUT2D eigenvalue weighted by Gasteiger charge is -2.38. The number of hydrogen-bond donors (Lipinski definition) is 1. The third-order valence-corrected chi connectivity index (χ3v) is 6.83. The number of halogens is 5. The maximum Gasteiger partial charge on any atom is 0.433 e. The Labute approximate surface area is 213 Å². The van der Waals surface area contributed by atoms with Gasteiger partial charge in [0.1, 0.15) is 23.3 Å². The van der Waals surface area contributed by atoms with Gasteiger partial charge in [-0.1, -0.05) is 0 Å². The number of hydrogen-bond acceptors (Lipinski definition) is 7. The number of oxazole rings is 1. The number of carbonyl (C=O) groups excluding carboxylic acids is 1. The van der Waals surface area contributed by atoms with E-state index >= 15 is 0 Å². The molecule has 1 N–H and O–H groups in total. The Balaban J connectivity index is 1.44. The molecule has 37 heavy (non-hydrogen) atoms. The second-order valence-corrected chi connectivity index (χ2v) is 9.27. The van der Waals surface area contributed by atoms with E-state index in [-0.39, 0.29) is 28.5 Å². The van der Waals surface area contributed by atoms with Gasteiger partial charge in [0.25, 0.3) is 11.3 Å². The minimum atomic E-state index is -4.79. The molecular weight excluding hydrogens is 520 g/mol. The number of nitrogens with zero attached hydrogens (tertiary/aromatic N) is 5. The first kappa shape index (κ1) is 25.6. The Kier molecular flexibility index (Phi) is 7.19. The molecule has 14 heteroatoms.